The maximum atomic E-state index is 12.3. The molecule has 6 heteroatoms. The lowest BCUT2D eigenvalue weighted by Crippen LogP contribution is -2.22. The minimum atomic E-state index is -0.162. The van der Waals surface area contributed by atoms with Crippen molar-refractivity contribution in [2.75, 3.05) is 18.5 Å². The Labute approximate surface area is 154 Å². The molecule has 0 fully saturated rings. The Balaban J connectivity index is 1.59. The van der Waals surface area contributed by atoms with Gasteiger partial charge in [-0.25, -0.2) is 0 Å². The summed E-state index contributed by atoms with van der Waals surface area (Å²) in [5, 5.41) is 2.76. The van der Waals surface area contributed by atoms with Gasteiger partial charge in [0, 0.05) is 15.9 Å². The maximum Gasteiger partial charge on any atom is 0.237 e. The minimum Gasteiger partial charge on any atom is -0.486 e. The van der Waals surface area contributed by atoms with Crippen molar-refractivity contribution in [2.45, 2.75) is 17.9 Å². The van der Waals surface area contributed by atoms with Gasteiger partial charge in [-0.3, -0.25) is 4.79 Å². The van der Waals surface area contributed by atoms with Gasteiger partial charge in [0.05, 0.1) is 5.25 Å². The van der Waals surface area contributed by atoms with Crippen molar-refractivity contribution in [3.05, 3.63) is 52.5 Å². The van der Waals surface area contributed by atoms with E-state index in [9.17, 15) is 4.79 Å². The van der Waals surface area contributed by atoms with Crippen LogP contribution in [0.25, 0.3) is 0 Å². The second kappa shape index (κ2) is 7.94. The van der Waals surface area contributed by atoms with Gasteiger partial charge >= 0.3 is 0 Å². The number of nitrogens with one attached hydrogen (secondary N) is 1. The van der Waals surface area contributed by atoms with Crippen LogP contribution < -0.4 is 14.8 Å². The summed E-state index contributed by atoms with van der Waals surface area (Å²) < 4.78 is 12.1. The van der Waals surface area contributed by atoms with Crippen molar-refractivity contribution in [1.29, 1.82) is 0 Å². The van der Waals surface area contributed by atoms with E-state index >= 15 is 0 Å². The Bertz CT molecular complexity index is 724. The minimum absolute atomic E-state index is 0.000124. The molecule has 0 saturated heterocycles. The Morgan fingerprint density at radius 2 is 1.88 bits per heavy atom. The van der Waals surface area contributed by atoms with Gasteiger partial charge in [-0.2, -0.15) is 0 Å². The lowest BCUT2D eigenvalue weighted by molar-refractivity contribution is -0.115. The van der Waals surface area contributed by atoms with Crippen LogP contribution in [0.4, 0.5) is 5.69 Å². The summed E-state index contributed by atoms with van der Waals surface area (Å²) in [5.41, 5.74) is 1.90. The highest BCUT2D eigenvalue weighted by molar-refractivity contribution is 9.10. The van der Waals surface area contributed by atoms with Gasteiger partial charge in [0.1, 0.15) is 13.2 Å². The molecule has 2 aromatic carbocycles. The SMILES string of the molecule is CC(SCc1cc2c(cc1Br)OCCO2)C(=O)Nc1ccccc1. The van der Waals surface area contributed by atoms with Crippen molar-refractivity contribution >= 4 is 39.3 Å². The lowest BCUT2D eigenvalue weighted by Gasteiger charge is -2.20. The van der Waals surface area contributed by atoms with E-state index in [0.29, 0.717) is 19.0 Å². The van der Waals surface area contributed by atoms with Crippen LogP contribution in [-0.2, 0) is 10.5 Å². The van der Waals surface area contributed by atoms with Gasteiger partial charge in [0.15, 0.2) is 11.5 Å². The molecule has 0 spiro atoms. The Morgan fingerprint density at radius 3 is 2.58 bits per heavy atom. The number of para-hydroxylation sites is 1. The van der Waals surface area contributed by atoms with Gasteiger partial charge in [-0.1, -0.05) is 34.1 Å². The molecule has 126 valence electrons. The summed E-state index contributed by atoms with van der Waals surface area (Å²) in [7, 11) is 0. The predicted octanol–water partition coefficient (Wildman–Crippen LogP) is 4.48. The maximum absolute atomic E-state index is 12.3. The molecule has 2 aromatic rings. The fourth-order valence-corrected chi connectivity index (χ4v) is 3.80. The molecule has 1 aliphatic rings. The first-order chi connectivity index (χ1) is 11.6. The van der Waals surface area contributed by atoms with Gasteiger partial charge in [-0.05, 0) is 36.8 Å². The summed E-state index contributed by atoms with van der Waals surface area (Å²) in [4.78, 5) is 12.3. The Morgan fingerprint density at radius 1 is 1.21 bits per heavy atom. The third-order valence-corrected chi connectivity index (χ3v) is 5.54. The summed E-state index contributed by atoms with van der Waals surface area (Å²) in [6, 6.07) is 13.4. The molecular weight excluding hydrogens is 390 g/mol. The number of rotatable bonds is 5. The third-order valence-electron chi connectivity index (χ3n) is 3.61. The summed E-state index contributed by atoms with van der Waals surface area (Å²) in [6.45, 7) is 3.05. The molecule has 1 atom stereocenters. The number of anilines is 1. The molecule has 1 amide bonds. The average molecular weight is 408 g/mol. The third kappa shape index (κ3) is 4.24. The quantitative estimate of drug-likeness (QED) is 0.793. The predicted molar refractivity (Wildman–Crippen MR) is 101 cm³/mol. The molecule has 0 bridgehead atoms. The highest BCUT2D eigenvalue weighted by atomic mass is 79.9. The lowest BCUT2D eigenvalue weighted by atomic mass is 10.2. The molecule has 24 heavy (non-hydrogen) atoms. The van der Waals surface area contributed by atoms with Gasteiger partial charge in [0.25, 0.3) is 0 Å². The van der Waals surface area contributed by atoms with Crippen molar-refractivity contribution in [3.8, 4) is 11.5 Å². The van der Waals surface area contributed by atoms with Crippen LogP contribution in [-0.4, -0.2) is 24.4 Å². The second-order valence-corrected chi connectivity index (χ2v) is 7.58. The first-order valence-corrected chi connectivity index (χ1v) is 9.53. The number of carbonyl (C=O) groups excluding carboxylic acids is 1. The average Bonchev–Trinajstić information content (AvgIpc) is 2.60. The molecule has 0 aliphatic carbocycles. The number of amides is 1. The largest absolute Gasteiger partial charge is 0.486 e. The number of thioether (sulfide) groups is 1. The zero-order valence-corrected chi connectivity index (χ0v) is 15.7. The molecular formula is C18H18BrNO3S. The van der Waals surface area contributed by atoms with E-state index < -0.39 is 0 Å². The smallest absolute Gasteiger partial charge is 0.237 e. The fraction of sp³-hybridized carbons (Fsp3) is 0.278. The normalized spacial score (nSPS) is 14.1. The van der Waals surface area contributed by atoms with Gasteiger partial charge in [-0.15, -0.1) is 11.8 Å². The van der Waals surface area contributed by atoms with Crippen molar-refractivity contribution < 1.29 is 14.3 Å². The molecule has 0 radical (unpaired) electrons. The van der Waals surface area contributed by atoms with E-state index in [2.05, 4.69) is 21.2 Å². The monoisotopic (exact) mass is 407 g/mol. The standard InChI is InChI=1S/C18H18BrNO3S/c1-12(18(21)20-14-5-3-2-4-6-14)24-11-13-9-16-17(10-15(13)19)23-8-7-22-16/h2-6,9-10,12H,7-8,11H2,1H3,(H,20,21). The molecule has 4 nitrogen and oxygen atoms in total. The van der Waals surface area contributed by atoms with Crippen LogP contribution in [0.2, 0.25) is 0 Å². The van der Waals surface area contributed by atoms with Crippen LogP contribution in [0.5, 0.6) is 11.5 Å². The molecule has 1 N–H and O–H groups in total. The number of fused-ring (bicyclic) bond motifs is 1. The van der Waals surface area contributed by atoms with Gasteiger partial charge in [0.2, 0.25) is 5.91 Å². The number of halogens is 1. The van der Waals surface area contributed by atoms with Crippen LogP contribution in [0.3, 0.4) is 0 Å². The molecule has 0 saturated carbocycles. The second-order valence-electron chi connectivity index (χ2n) is 5.40. The summed E-state index contributed by atoms with van der Waals surface area (Å²) >= 11 is 5.15. The molecule has 1 aliphatic heterocycles. The zero-order chi connectivity index (χ0) is 16.9. The van der Waals surface area contributed by atoms with E-state index in [1.807, 2.05) is 49.4 Å². The first kappa shape index (κ1) is 17.2. The van der Waals surface area contributed by atoms with Crippen LogP contribution >= 0.6 is 27.7 Å². The fourth-order valence-electron chi connectivity index (χ4n) is 2.27. The molecule has 1 heterocycles. The van der Waals surface area contributed by atoms with Gasteiger partial charge < -0.3 is 14.8 Å². The zero-order valence-electron chi connectivity index (χ0n) is 13.3. The highest BCUT2D eigenvalue weighted by Crippen LogP contribution is 2.37. The van der Waals surface area contributed by atoms with Crippen molar-refractivity contribution in [1.82, 2.24) is 0 Å². The number of carbonyl (C=O) groups is 1. The molecule has 0 aromatic heterocycles. The van der Waals surface area contributed by atoms with E-state index in [0.717, 1.165) is 27.2 Å². The van der Waals surface area contributed by atoms with E-state index in [1.165, 1.54) is 0 Å². The van der Waals surface area contributed by atoms with Crippen LogP contribution in [0.15, 0.2) is 46.9 Å². The van der Waals surface area contributed by atoms with Crippen LogP contribution in [0.1, 0.15) is 12.5 Å². The highest BCUT2D eigenvalue weighted by Gasteiger charge is 2.18. The van der Waals surface area contributed by atoms with E-state index in [1.54, 1.807) is 11.8 Å². The summed E-state index contributed by atoms with van der Waals surface area (Å²) in [6.07, 6.45) is 0. The van der Waals surface area contributed by atoms with Crippen LogP contribution in [0, 0.1) is 0 Å². The van der Waals surface area contributed by atoms with E-state index in [-0.39, 0.29) is 11.2 Å². The van der Waals surface area contributed by atoms with E-state index in [4.69, 9.17) is 9.47 Å². The number of benzene rings is 2. The molecule has 3 rings (SSSR count). The molecule has 1 unspecified atom stereocenters. The Kier molecular flexibility index (Phi) is 5.68. The number of hydrogen-bond donors (Lipinski definition) is 1. The Hall–Kier alpha value is -1.66. The topological polar surface area (TPSA) is 47.6 Å². The first-order valence-electron chi connectivity index (χ1n) is 7.69. The number of ether oxygens (including phenoxy) is 2. The van der Waals surface area contributed by atoms with Crippen molar-refractivity contribution in [3.63, 3.8) is 0 Å². The number of hydrogen-bond acceptors (Lipinski definition) is 4. The summed E-state index contributed by atoms with van der Waals surface area (Å²) in [5.74, 6) is 2.23. The van der Waals surface area contributed by atoms with Crippen molar-refractivity contribution in [2.24, 2.45) is 0 Å².